The lowest BCUT2D eigenvalue weighted by Gasteiger charge is -2.23. The third-order valence-electron chi connectivity index (χ3n) is 5.38. The molecule has 0 unspecified atom stereocenters. The maximum Gasteiger partial charge on any atom is 0.328 e. The van der Waals surface area contributed by atoms with E-state index >= 15 is 0 Å². The van der Waals surface area contributed by atoms with Gasteiger partial charge in [-0.15, -0.1) is 0 Å². The van der Waals surface area contributed by atoms with E-state index in [1.807, 2.05) is 12.1 Å². The molecule has 0 radical (unpaired) electrons. The highest BCUT2D eigenvalue weighted by Crippen LogP contribution is 2.28. The van der Waals surface area contributed by atoms with E-state index in [1.54, 1.807) is 0 Å². The van der Waals surface area contributed by atoms with Crippen molar-refractivity contribution in [3.63, 3.8) is 0 Å². The Morgan fingerprint density at radius 2 is 1.96 bits per heavy atom. The van der Waals surface area contributed by atoms with Crippen molar-refractivity contribution in [2.75, 3.05) is 13.7 Å². The van der Waals surface area contributed by atoms with Gasteiger partial charge in [0.2, 0.25) is 11.8 Å². The average Bonchev–Trinajstić information content (AvgIpc) is 3.25. The summed E-state index contributed by atoms with van der Waals surface area (Å²) in [7, 11) is 1.27. The number of amides is 2. The Labute approximate surface area is 152 Å². The van der Waals surface area contributed by atoms with Crippen molar-refractivity contribution in [3.8, 4) is 0 Å². The molecule has 7 nitrogen and oxygen atoms in total. The third-order valence-corrected chi connectivity index (χ3v) is 5.38. The van der Waals surface area contributed by atoms with Gasteiger partial charge in [-0.1, -0.05) is 24.3 Å². The largest absolute Gasteiger partial charge is 0.467 e. The molecule has 1 aromatic rings. The van der Waals surface area contributed by atoms with Crippen LogP contribution in [0.2, 0.25) is 0 Å². The number of fused-ring (bicyclic) bond motifs is 1. The molecule has 0 aromatic heterocycles. The van der Waals surface area contributed by atoms with Crippen LogP contribution in [0.5, 0.6) is 0 Å². The Morgan fingerprint density at radius 1 is 1.31 bits per heavy atom. The fraction of sp³-hybridized carbons (Fsp3) is 0.526. The van der Waals surface area contributed by atoms with E-state index < -0.39 is 18.1 Å². The summed E-state index contributed by atoms with van der Waals surface area (Å²) in [4.78, 5) is 36.5. The fourth-order valence-electron chi connectivity index (χ4n) is 3.84. The van der Waals surface area contributed by atoms with Crippen LogP contribution >= 0.6 is 0 Å². The molecular formula is C19H25N3O4. The van der Waals surface area contributed by atoms with E-state index in [2.05, 4.69) is 22.8 Å². The number of nitrogens with one attached hydrogen (secondary N) is 2. The molecule has 0 spiro atoms. The van der Waals surface area contributed by atoms with Gasteiger partial charge in [0, 0.05) is 12.5 Å². The standard InChI is InChI=1S/C19H25N3O4/c1-26-19(25)15(10-13-6-7-21-17(13)23)22-18(24)16(20)14-8-11-4-2-3-5-12(11)9-14/h2-5,13-16H,6-10,20H2,1H3,(H,21,23)(H,22,24)/t13-,15-,16-/m0/s1. The number of benzene rings is 1. The Hall–Kier alpha value is -2.41. The van der Waals surface area contributed by atoms with Gasteiger partial charge in [0.25, 0.3) is 0 Å². The topological polar surface area (TPSA) is 111 Å². The first kappa shape index (κ1) is 18.4. The van der Waals surface area contributed by atoms with Crippen LogP contribution in [0.4, 0.5) is 0 Å². The second kappa shape index (κ2) is 7.86. The Bertz CT molecular complexity index is 681. The number of rotatable bonds is 6. The van der Waals surface area contributed by atoms with E-state index in [-0.39, 0.29) is 30.1 Å². The lowest BCUT2D eigenvalue weighted by Crippen LogP contribution is -2.52. The third kappa shape index (κ3) is 3.88. The average molecular weight is 359 g/mol. The summed E-state index contributed by atoms with van der Waals surface area (Å²) in [5.41, 5.74) is 8.62. The van der Waals surface area contributed by atoms with Gasteiger partial charge >= 0.3 is 5.97 Å². The Morgan fingerprint density at radius 3 is 2.50 bits per heavy atom. The molecular weight excluding hydrogens is 334 g/mol. The number of carbonyl (C=O) groups excluding carboxylic acids is 3. The second-order valence-electron chi connectivity index (χ2n) is 7.06. The minimum atomic E-state index is -0.865. The molecule has 140 valence electrons. The Balaban J connectivity index is 1.62. The molecule has 26 heavy (non-hydrogen) atoms. The van der Waals surface area contributed by atoms with Crippen molar-refractivity contribution < 1.29 is 19.1 Å². The van der Waals surface area contributed by atoms with Gasteiger partial charge in [-0.05, 0) is 42.7 Å². The number of hydrogen-bond donors (Lipinski definition) is 3. The number of ether oxygens (including phenoxy) is 1. The van der Waals surface area contributed by atoms with Crippen LogP contribution in [0.25, 0.3) is 0 Å². The highest BCUT2D eigenvalue weighted by molar-refractivity contribution is 5.88. The Kier molecular flexibility index (Phi) is 5.56. The first-order chi connectivity index (χ1) is 12.5. The van der Waals surface area contributed by atoms with Gasteiger partial charge in [-0.2, -0.15) is 0 Å². The van der Waals surface area contributed by atoms with Gasteiger partial charge in [0.05, 0.1) is 13.2 Å². The van der Waals surface area contributed by atoms with Crippen LogP contribution < -0.4 is 16.4 Å². The predicted molar refractivity (Wildman–Crippen MR) is 95.0 cm³/mol. The van der Waals surface area contributed by atoms with Crippen LogP contribution in [-0.2, 0) is 32.0 Å². The van der Waals surface area contributed by atoms with E-state index in [0.29, 0.717) is 13.0 Å². The van der Waals surface area contributed by atoms with Gasteiger partial charge in [-0.25, -0.2) is 4.79 Å². The zero-order chi connectivity index (χ0) is 18.7. The van der Waals surface area contributed by atoms with Gasteiger partial charge in [-0.3, -0.25) is 9.59 Å². The quantitative estimate of drug-likeness (QED) is 0.615. The van der Waals surface area contributed by atoms with Crippen molar-refractivity contribution in [1.29, 1.82) is 0 Å². The summed E-state index contributed by atoms with van der Waals surface area (Å²) in [5.74, 6) is -1.33. The van der Waals surface area contributed by atoms with Crippen LogP contribution in [0, 0.1) is 11.8 Å². The summed E-state index contributed by atoms with van der Waals surface area (Å²) in [6, 6.07) is 6.48. The van der Waals surface area contributed by atoms with Crippen molar-refractivity contribution in [3.05, 3.63) is 35.4 Å². The number of nitrogens with two attached hydrogens (primary N) is 1. The van der Waals surface area contributed by atoms with Gasteiger partial charge < -0.3 is 21.1 Å². The zero-order valence-electron chi connectivity index (χ0n) is 14.9. The molecule has 3 rings (SSSR count). The van der Waals surface area contributed by atoms with E-state index in [1.165, 1.54) is 18.2 Å². The molecule has 1 saturated heterocycles. The SMILES string of the molecule is COC(=O)[C@H](C[C@@H]1CCNC1=O)NC(=O)[C@@H](N)C1Cc2ccccc2C1. The molecule has 1 aliphatic carbocycles. The molecule has 1 fully saturated rings. The summed E-state index contributed by atoms with van der Waals surface area (Å²) in [6.45, 7) is 0.588. The number of esters is 1. The minimum absolute atomic E-state index is 0.000441. The number of carbonyl (C=O) groups is 3. The minimum Gasteiger partial charge on any atom is -0.467 e. The number of methoxy groups -OCH3 is 1. The van der Waals surface area contributed by atoms with E-state index in [9.17, 15) is 14.4 Å². The molecule has 1 aliphatic heterocycles. The molecule has 1 heterocycles. The van der Waals surface area contributed by atoms with Crippen molar-refractivity contribution in [1.82, 2.24) is 10.6 Å². The van der Waals surface area contributed by atoms with Gasteiger partial charge in [0.15, 0.2) is 0 Å². The summed E-state index contributed by atoms with van der Waals surface area (Å²) >= 11 is 0. The predicted octanol–water partition coefficient (Wildman–Crippen LogP) is -0.0873. The second-order valence-corrected chi connectivity index (χ2v) is 7.06. The summed E-state index contributed by atoms with van der Waals surface area (Å²) in [6.07, 6.45) is 2.37. The summed E-state index contributed by atoms with van der Waals surface area (Å²) < 4.78 is 4.79. The molecule has 4 N–H and O–H groups in total. The van der Waals surface area contributed by atoms with Crippen LogP contribution in [0.3, 0.4) is 0 Å². The van der Waals surface area contributed by atoms with E-state index in [0.717, 1.165) is 12.8 Å². The maximum absolute atomic E-state index is 12.6. The molecule has 2 aliphatic rings. The molecule has 2 amide bonds. The first-order valence-corrected chi connectivity index (χ1v) is 8.98. The van der Waals surface area contributed by atoms with Crippen LogP contribution in [-0.4, -0.2) is 43.5 Å². The smallest absolute Gasteiger partial charge is 0.328 e. The molecule has 1 aromatic carbocycles. The summed E-state index contributed by atoms with van der Waals surface area (Å²) in [5, 5.41) is 5.43. The fourth-order valence-corrected chi connectivity index (χ4v) is 3.84. The lowest BCUT2D eigenvalue weighted by atomic mass is 9.95. The first-order valence-electron chi connectivity index (χ1n) is 8.98. The van der Waals surface area contributed by atoms with Crippen molar-refractivity contribution in [2.45, 2.75) is 37.8 Å². The van der Waals surface area contributed by atoms with Crippen LogP contribution in [0.15, 0.2) is 24.3 Å². The maximum atomic E-state index is 12.6. The number of hydrogen-bond acceptors (Lipinski definition) is 5. The highest BCUT2D eigenvalue weighted by atomic mass is 16.5. The highest BCUT2D eigenvalue weighted by Gasteiger charge is 2.35. The molecule has 0 saturated carbocycles. The monoisotopic (exact) mass is 359 g/mol. The lowest BCUT2D eigenvalue weighted by molar-refractivity contribution is -0.146. The van der Waals surface area contributed by atoms with Gasteiger partial charge in [0.1, 0.15) is 6.04 Å². The van der Waals surface area contributed by atoms with Crippen molar-refractivity contribution in [2.24, 2.45) is 17.6 Å². The van der Waals surface area contributed by atoms with Crippen molar-refractivity contribution >= 4 is 17.8 Å². The molecule has 7 heteroatoms. The van der Waals surface area contributed by atoms with Crippen LogP contribution in [0.1, 0.15) is 24.0 Å². The zero-order valence-corrected chi connectivity index (χ0v) is 14.9. The van der Waals surface area contributed by atoms with E-state index in [4.69, 9.17) is 10.5 Å². The molecule has 0 bridgehead atoms. The molecule has 3 atom stereocenters. The normalized spacial score (nSPS) is 21.6.